The van der Waals surface area contributed by atoms with Crippen molar-refractivity contribution in [3.05, 3.63) is 58.8 Å². The number of pyridine rings is 1. The van der Waals surface area contributed by atoms with Crippen molar-refractivity contribution < 1.29 is 9.13 Å². The third kappa shape index (κ3) is 3.06. The number of nitrogens with two attached hydrogens (primary N) is 1. The molecule has 1 saturated carbocycles. The van der Waals surface area contributed by atoms with Crippen LogP contribution in [-0.4, -0.2) is 34.1 Å². The van der Waals surface area contributed by atoms with Crippen molar-refractivity contribution in [3.8, 4) is 22.9 Å². The van der Waals surface area contributed by atoms with Crippen LogP contribution in [0, 0.1) is 18.2 Å². The van der Waals surface area contributed by atoms with E-state index < -0.39 is 0 Å². The molecule has 6 rings (SSSR count). The minimum absolute atomic E-state index is 0.123. The van der Waals surface area contributed by atoms with Gasteiger partial charge in [0.15, 0.2) is 0 Å². The second kappa shape index (κ2) is 6.97. The molecule has 32 heavy (non-hydrogen) atoms. The Morgan fingerprint density at radius 2 is 2.09 bits per heavy atom. The van der Waals surface area contributed by atoms with Gasteiger partial charge in [0.2, 0.25) is 0 Å². The fourth-order valence-electron chi connectivity index (χ4n) is 5.22. The highest BCUT2D eigenvalue weighted by Gasteiger charge is 2.54. The van der Waals surface area contributed by atoms with E-state index in [1.807, 2.05) is 19.1 Å². The number of ether oxygens (including phenoxy) is 1. The van der Waals surface area contributed by atoms with Gasteiger partial charge in [0.05, 0.1) is 11.9 Å². The molecule has 3 aromatic rings. The summed E-state index contributed by atoms with van der Waals surface area (Å²) in [6.45, 7) is 5.59. The lowest BCUT2D eigenvalue weighted by molar-refractivity contribution is 0.438. The van der Waals surface area contributed by atoms with Gasteiger partial charge >= 0.3 is 6.01 Å². The maximum absolute atomic E-state index is 14.5. The largest absolute Gasteiger partial charge is 0.423 e. The Morgan fingerprint density at radius 3 is 2.78 bits per heavy atom. The summed E-state index contributed by atoms with van der Waals surface area (Å²) in [6, 6.07) is 7.44. The zero-order chi connectivity index (χ0) is 22.0. The van der Waals surface area contributed by atoms with E-state index >= 15 is 0 Å². The van der Waals surface area contributed by atoms with Gasteiger partial charge in [0, 0.05) is 42.2 Å². The maximum Gasteiger partial charge on any atom is 0.324 e. The fraction of sp³-hybridized carbons (Fsp3) is 0.400. The van der Waals surface area contributed by atoms with Gasteiger partial charge in [-0.05, 0) is 67.1 Å². The molecule has 1 aliphatic heterocycles. The van der Waals surface area contributed by atoms with Crippen LogP contribution in [0.5, 0.6) is 11.8 Å². The molecule has 1 aromatic carbocycles. The number of nitrogens with zero attached hydrogens (tertiary/aromatic N) is 4. The van der Waals surface area contributed by atoms with Crippen LogP contribution in [0.4, 0.5) is 10.2 Å². The lowest BCUT2D eigenvalue weighted by Gasteiger charge is -2.21. The van der Waals surface area contributed by atoms with Crippen molar-refractivity contribution in [1.29, 1.82) is 0 Å². The Hall–Kier alpha value is -3.06. The van der Waals surface area contributed by atoms with E-state index in [1.54, 1.807) is 18.3 Å². The fourth-order valence-corrected chi connectivity index (χ4v) is 5.22. The number of benzene rings is 1. The van der Waals surface area contributed by atoms with Gasteiger partial charge < -0.3 is 15.4 Å². The van der Waals surface area contributed by atoms with E-state index in [1.165, 1.54) is 0 Å². The van der Waals surface area contributed by atoms with Gasteiger partial charge in [0.25, 0.3) is 0 Å². The van der Waals surface area contributed by atoms with Crippen molar-refractivity contribution in [2.45, 2.75) is 45.6 Å². The summed E-state index contributed by atoms with van der Waals surface area (Å²) in [4.78, 5) is 16.1. The number of hydrogen-bond acceptors (Lipinski definition) is 6. The van der Waals surface area contributed by atoms with Crippen LogP contribution in [-0.2, 0) is 12.8 Å². The summed E-state index contributed by atoms with van der Waals surface area (Å²) in [7, 11) is 0. The smallest absolute Gasteiger partial charge is 0.324 e. The Morgan fingerprint density at radius 1 is 1.25 bits per heavy atom. The Bertz CT molecular complexity index is 1220. The molecule has 0 radical (unpaired) electrons. The van der Waals surface area contributed by atoms with Crippen molar-refractivity contribution in [3.63, 3.8) is 0 Å². The maximum atomic E-state index is 14.5. The average molecular weight is 432 g/mol. The van der Waals surface area contributed by atoms with Crippen molar-refractivity contribution in [2.75, 3.05) is 18.0 Å². The van der Waals surface area contributed by atoms with Gasteiger partial charge in [-0.2, -0.15) is 9.97 Å². The first-order valence-electron chi connectivity index (χ1n) is 11.3. The van der Waals surface area contributed by atoms with Gasteiger partial charge in [-0.25, -0.2) is 4.39 Å². The Kier molecular flexibility index (Phi) is 4.27. The Balaban J connectivity index is 1.47. The molecule has 1 unspecified atom stereocenters. The average Bonchev–Trinajstić information content (AvgIpc) is 3.36. The SMILES string of the molecule is CCc1cc(F)cc2c1Cc1nc(Oc3ccc(C)nc3)nc(N3CC(N)C4(CC4)C3)c1-2. The summed E-state index contributed by atoms with van der Waals surface area (Å²) in [6.07, 6.45) is 5.41. The first-order chi connectivity index (χ1) is 15.5. The van der Waals surface area contributed by atoms with E-state index in [-0.39, 0.29) is 17.3 Å². The van der Waals surface area contributed by atoms with Gasteiger partial charge in [-0.1, -0.05) is 6.92 Å². The second-order valence-electron chi connectivity index (χ2n) is 9.36. The van der Waals surface area contributed by atoms with Gasteiger partial charge in [-0.3, -0.25) is 4.98 Å². The number of rotatable bonds is 4. The molecular weight excluding hydrogens is 405 g/mol. The third-order valence-electron chi connectivity index (χ3n) is 7.24. The standard InChI is InChI=1S/C25H26FN5O/c1-3-15-8-16(26)9-19-18(15)10-20-22(19)23(31-12-21(27)25(13-31)6-7-25)30-24(29-20)32-17-5-4-14(2)28-11-17/h4-5,8-9,11,21H,3,6-7,10,12-13,27H2,1-2H3. The normalized spacial score (nSPS) is 19.9. The molecule has 3 heterocycles. The molecule has 164 valence electrons. The number of aryl methyl sites for hydroxylation is 2. The molecule has 2 fully saturated rings. The third-order valence-corrected chi connectivity index (χ3v) is 7.24. The lowest BCUT2D eigenvalue weighted by atomic mass is 9.99. The van der Waals surface area contributed by atoms with Gasteiger partial charge in [-0.15, -0.1) is 0 Å². The molecule has 2 aromatic heterocycles. The molecule has 2 aliphatic carbocycles. The van der Waals surface area contributed by atoms with Crippen molar-refractivity contribution >= 4 is 5.82 Å². The summed E-state index contributed by atoms with van der Waals surface area (Å²) >= 11 is 0. The van der Waals surface area contributed by atoms with Crippen LogP contribution in [0.1, 0.15) is 42.3 Å². The van der Waals surface area contributed by atoms with E-state index in [0.29, 0.717) is 18.2 Å². The quantitative estimate of drug-likeness (QED) is 0.523. The summed E-state index contributed by atoms with van der Waals surface area (Å²) < 4.78 is 20.5. The zero-order valence-electron chi connectivity index (χ0n) is 18.4. The van der Waals surface area contributed by atoms with Crippen LogP contribution in [0.15, 0.2) is 30.5 Å². The minimum Gasteiger partial charge on any atom is -0.423 e. The molecule has 3 aliphatic rings. The summed E-state index contributed by atoms with van der Waals surface area (Å²) in [5.74, 6) is 1.17. The number of hydrogen-bond donors (Lipinski definition) is 1. The molecule has 2 N–H and O–H groups in total. The monoisotopic (exact) mass is 431 g/mol. The van der Waals surface area contributed by atoms with Crippen LogP contribution >= 0.6 is 0 Å². The first-order valence-corrected chi connectivity index (χ1v) is 11.3. The molecule has 6 nitrogen and oxygen atoms in total. The number of fused-ring (bicyclic) bond motifs is 3. The minimum atomic E-state index is -0.220. The van der Waals surface area contributed by atoms with Crippen LogP contribution in [0.2, 0.25) is 0 Å². The first kappa shape index (κ1) is 19.6. The highest BCUT2D eigenvalue weighted by Crippen LogP contribution is 2.54. The molecule has 0 bridgehead atoms. The van der Waals surface area contributed by atoms with Crippen molar-refractivity contribution in [1.82, 2.24) is 15.0 Å². The predicted octanol–water partition coefficient (Wildman–Crippen LogP) is 4.17. The second-order valence-corrected chi connectivity index (χ2v) is 9.36. The van der Waals surface area contributed by atoms with Crippen LogP contribution in [0.25, 0.3) is 11.1 Å². The predicted molar refractivity (Wildman–Crippen MR) is 121 cm³/mol. The van der Waals surface area contributed by atoms with Crippen LogP contribution < -0.4 is 15.4 Å². The molecule has 1 spiro atoms. The van der Waals surface area contributed by atoms with Gasteiger partial charge in [0.1, 0.15) is 17.4 Å². The molecule has 0 amide bonds. The topological polar surface area (TPSA) is 77.2 Å². The van der Waals surface area contributed by atoms with Crippen molar-refractivity contribution in [2.24, 2.45) is 11.1 Å². The highest BCUT2D eigenvalue weighted by molar-refractivity contribution is 5.86. The number of aromatic nitrogens is 3. The highest BCUT2D eigenvalue weighted by atomic mass is 19.1. The van der Waals surface area contributed by atoms with Crippen LogP contribution in [0.3, 0.4) is 0 Å². The van der Waals surface area contributed by atoms with E-state index in [4.69, 9.17) is 20.4 Å². The van der Waals surface area contributed by atoms with E-state index in [2.05, 4.69) is 16.8 Å². The molecule has 1 saturated heterocycles. The van der Waals surface area contributed by atoms with E-state index in [9.17, 15) is 4.39 Å². The zero-order valence-corrected chi connectivity index (χ0v) is 18.4. The summed E-state index contributed by atoms with van der Waals surface area (Å²) in [5, 5.41) is 0. The number of anilines is 1. The lowest BCUT2D eigenvalue weighted by Crippen LogP contribution is -2.30. The molecule has 7 heteroatoms. The Labute approximate surface area is 186 Å². The molecular formula is C25H26FN5O. The number of halogens is 1. The van der Waals surface area contributed by atoms with E-state index in [0.717, 1.165) is 71.8 Å². The molecule has 1 atom stereocenters. The summed E-state index contributed by atoms with van der Waals surface area (Å²) in [5.41, 5.74) is 12.5.